The molecule has 1 amide bonds. The number of rotatable bonds is 4. The van der Waals surface area contributed by atoms with Gasteiger partial charge in [-0.2, -0.15) is 0 Å². The van der Waals surface area contributed by atoms with Crippen LogP contribution in [-0.4, -0.2) is 24.6 Å². The molecule has 0 fully saturated rings. The van der Waals surface area contributed by atoms with Crippen LogP contribution in [0.1, 0.15) is 33.3 Å². The summed E-state index contributed by atoms with van der Waals surface area (Å²) in [4.78, 5) is 22.9. The fraction of sp³-hybridized carbons (Fsp3) is 0.375. The molecule has 0 saturated carbocycles. The van der Waals surface area contributed by atoms with Crippen molar-refractivity contribution in [3.63, 3.8) is 0 Å². The Kier molecular flexibility index (Phi) is 5.52. The zero-order valence-corrected chi connectivity index (χ0v) is 13.0. The summed E-state index contributed by atoms with van der Waals surface area (Å²) in [5.41, 5.74) is 0.621. The first kappa shape index (κ1) is 16.8. The van der Waals surface area contributed by atoms with E-state index in [1.807, 2.05) is 0 Å². The fourth-order valence-electron chi connectivity index (χ4n) is 1.54. The third kappa shape index (κ3) is 6.12. The minimum atomic E-state index is -0.585. The lowest BCUT2D eigenvalue weighted by atomic mass is 10.1. The first-order valence-corrected chi connectivity index (χ1v) is 6.58. The van der Waals surface area contributed by atoms with Crippen LogP contribution in [0.4, 0.5) is 10.5 Å². The van der Waals surface area contributed by atoms with Crippen molar-refractivity contribution in [1.29, 1.82) is 0 Å². The summed E-state index contributed by atoms with van der Waals surface area (Å²) in [6.45, 7) is 6.82. The highest BCUT2D eigenvalue weighted by molar-refractivity contribution is 5.94. The van der Waals surface area contributed by atoms with Gasteiger partial charge in [0.15, 0.2) is 5.78 Å². The molecule has 0 unspecified atom stereocenters. The number of hydrogen-bond donors (Lipinski definition) is 1. The summed E-state index contributed by atoms with van der Waals surface area (Å²) in [6.07, 6.45) is 2.50. The van der Waals surface area contributed by atoms with Crippen LogP contribution in [-0.2, 0) is 9.53 Å². The van der Waals surface area contributed by atoms with Crippen molar-refractivity contribution >= 4 is 23.6 Å². The molecule has 1 rings (SSSR count). The Morgan fingerprint density at radius 2 is 1.90 bits per heavy atom. The van der Waals surface area contributed by atoms with Gasteiger partial charge in [-0.05, 0) is 57.5 Å². The fourth-order valence-corrected chi connectivity index (χ4v) is 1.54. The predicted molar refractivity (Wildman–Crippen MR) is 82.6 cm³/mol. The molecule has 0 aliphatic heterocycles. The minimum absolute atomic E-state index is 0.0750. The number of benzene rings is 1. The van der Waals surface area contributed by atoms with Gasteiger partial charge < -0.3 is 9.47 Å². The van der Waals surface area contributed by atoms with Gasteiger partial charge in [0.2, 0.25) is 0 Å². The lowest BCUT2D eigenvalue weighted by Crippen LogP contribution is -2.27. The van der Waals surface area contributed by atoms with E-state index < -0.39 is 11.7 Å². The summed E-state index contributed by atoms with van der Waals surface area (Å²) >= 11 is 0. The summed E-state index contributed by atoms with van der Waals surface area (Å²) in [5, 5.41) is 2.66. The predicted octanol–water partition coefficient (Wildman–Crippen LogP) is 3.64. The van der Waals surface area contributed by atoms with Gasteiger partial charge in [-0.1, -0.05) is 0 Å². The van der Waals surface area contributed by atoms with Crippen LogP contribution in [0, 0.1) is 0 Å². The molecule has 0 aliphatic carbocycles. The number of carbonyl (C=O) groups excluding carboxylic acids is 2. The second-order valence-electron chi connectivity index (χ2n) is 5.52. The molecule has 1 N–H and O–H groups in total. The summed E-state index contributed by atoms with van der Waals surface area (Å²) in [7, 11) is 1.54. The zero-order valence-electron chi connectivity index (χ0n) is 13.0. The number of hydrogen-bond acceptors (Lipinski definition) is 4. The Morgan fingerprint density at radius 3 is 2.43 bits per heavy atom. The number of allylic oxidation sites excluding steroid dienone is 1. The zero-order chi connectivity index (χ0) is 16.0. The molecule has 0 radical (unpaired) electrons. The Balaban J connectivity index is 3.01. The SMILES string of the molecule is COc1ccc(/C=C\C(C)=O)c(NC(=O)OC(C)(C)C)c1. The Morgan fingerprint density at radius 1 is 1.24 bits per heavy atom. The molecule has 0 atom stereocenters. The number of anilines is 1. The smallest absolute Gasteiger partial charge is 0.412 e. The van der Waals surface area contributed by atoms with E-state index in [1.54, 1.807) is 45.0 Å². The average molecular weight is 291 g/mol. The van der Waals surface area contributed by atoms with E-state index in [1.165, 1.54) is 20.1 Å². The number of nitrogens with one attached hydrogen (secondary N) is 1. The molecule has 5 nitrogen and oxygen atoms in total. The topological polar surface area (TPSA) is 64.6 Å². The molecule has 0 heterocycles. The quantitative estimate of drug-likeness (QED) is 0.860. The van der Waals surface area contributed by atoms with Crippen molar-refractivity contribution < 1.29 is 19.1 Å². The van der Waals surface area contributed by atoms with Gasteiger partial charge in [0.1, 0.15) is 11.4 Å². The summed E-state index contributed by atoms with van der Waals surface area (Å²) in [5.74, 6) is 0.523. The Bertz CT molecular complexity index is 556. The molecule has 0 bridgehead atoms. The minimum Gasteiger partial charge on any atom is -0.497 e. The van der Waals surface area contributed by atoms with Crippen molar-refractivity contribution in [3.05, 3.63) is 29.8 Å². The normalized spacial score (nSPS) is 11.3. The van der Waals surface area contributed by atoms with Crippen LogP contribution in [0.15, 0.2) is 24.3 Å². The highest BCUT2D eigenvalue weighted by Crippen LogP contribution is 2.24. The van der Waals surface area contributed by atoms with Crippen molar-refractivity contribution in [3.8, 4) is 5.75 Å². The third-order valence-corrected chi connectivity index (χ3v) is 2.39. The van der Waals surface area contributed by atoms with Gasteiger partial charge in [-0.3, -0.25) is 10.1 Å². The van der Waals surface area contributed by atoms with Gasteiger partial charge in [-0.25, -0.2) is 4.79 Å². The highest BCUT2D eigenvalue weighted by atomic mass is 16.6. The maximum atomic E-state index is 11.9. The Hall–Kier alpha value is -2.30. The van der Waals surface area contributed by atoms with Gasteiger partial charge in [-0.15, -0.1) is 0 Å². The van der Waals surface area contributed by atoms with E-state index in [-0.39, 0.29) is 5.78 Å². The standard InChI is InChI=1S/C16H21NO4/c1-11(18)6-7-12-8-9-13(20-5)10-14(12)17-15(19)21-16(2,3)4/h6-10H,1-5H3,(H,17,19)/b7-6-. The molecule has 21 heavy (non-hydrogen) atoms. The van der Waals surface area contributed by atoms with Gasteiger partial charge in [0, 0.05) is 6.07 Å². The second-order valence-corrected chi connectivity index (χ2v) is 5.52. The third-order valence-electron chi connectivity index (χ3n) is 2.39. The van der Waals surface area contributed by atoms with Gasteiger partial charge in [0.05, 0.1) is 12.8 Å². The largest absolute Gasteiger partial charge is 0.497 e. The maximum Gasteiger partial charge on any atom is 0.412 e. The van der Waals surface area contributed by atoms with Crippen molar-refractivity contribution in [1.82, 2.24) is 0 Å². The monoisotopic (exact) mass is 291 g/mol. The molecule has 0 spiro atoms. The van der Waals surface area contributed by atoms with E-state index >= 15 is 0 Å². The first-order chi connectivity index (χ1) is 9.71. The molecule has 1 aromatic carbocycles. The van der Waals surface area contributed by atoms with Crippen molar-refractivity contribution in [2.24, 2.45) is 0 Å². The number of amides is 1. The second kappa shape index (κ2) is 6.92. The van der Waals surface area contributed by atoms with E-state index in [9.17, 15) is 9.59 Å². The summed E-state index contributed by atoms with van der Waals surface area (Å²) in [6, 6.07) is 5.18. The van der Waals surface area contributed by atoms with Gasteiger partial charge in [0.25, 0.3) is 0 Å². The van der Waals surface area contributed by atoms with E-state index in [2.05, 4.69) is 5.32 Å². The van der Waals surface area contributed by atoms with E-state index in [0.29, 0.717) is 17.0 Å². The molecule has 5 heteroatoms. The molecule has 1 aromatic rings. The van der Waals surface area contributed by atoms with Crippen LogP contribution in [0.2, 0.25) is 0 Å². The first-order valence-electron chi connectivity index (χ1n) is 6.58. The lowest BCUT2D eigenvalue weighted by Gasteiger charge is -2.20. The van der Waals surface area contributed by atoms with Gasteiger partial charge >= 0.3 is 6.09 Å². The maximum absolute atomic E-state index is 11.9. The lowest BCUT2D eigenvalue weighted by molar-refractivity contribution is -0.112. The molecule has 0 aromatic heterocycles. The Labute approximate surface area is 124 Å². The van der Waals surface area contributed by atoms with E-state index in [4.69, 9.17) is 9.47 Å². The number of carbonyl (C=O) groups is 2. The molecular formula is C16H21NO4. The number of ether oxygens (including phenoxy) is 2. The van der Waals surface area contributed by atoms with Crippen molar-refractivity contribution in [2.75, 3.05) is 12.4 Å². The van der Waals surface area contributed by atoms with Crippen molar-refractivity contribution in [2.45, 2.75) is 33.3 Å². The van der Waals surface area contributed by atoms with E-state index in [0.717, 1.165) is 0 Å². The van der Waals surface area contributed by atoms with Crippen LogP contribution < -0.4 is 10.1 Å². The van der Waals surface area contributed by atoms with Crippen LogP contribution in [0.25, 0.3) is 6.08 Å². The molecule has 114 valence electrons. The number of methoxy groups -OCH3 is 1. The summed E-state index contributed by atoms with van der Waals surface area (Å²) < 4.78 is 10.3. The number of ketones is 1. The average Bonchev–Trinajstić information content (AvgIpc) is 2.34. The van der Waals surface area contributed by atoms with Crippen LogP contribution in [0.3, 0.4) is 0 Å². The van der Waals surface area contributed by atoms with Crippen LogP contribution in [0.5, 0.6) is 5.75 Å². The molecular weight excluding hydrogens is 270 g/mol. The molecule has 0 aliphatic rings. The highest BCUT2D eigenvalue weighted by Gasteiger charge is 2.17. The van der Waals surface area contributed by atoms with Crippen LogP contribution >= 0.6 is 0 Å². The molecule has 0 saturated heterocycles.